The minimum atomic E-state index is -0.716. The number of para-hydroxylation sites is 1. The molecule has 0 saturated carbocycles. The molecule has 52 heavy (non-hydrogen) atoms. The minimum Gasteiger partial charge on any atom is -0.484 e. The number of carbonyl (C=O) groups is 4. The molecule has 286 valence electrons. The highest BCUT2D eigenvalue weighted by Crippen LogP contribution is 2.34. The molecule has 3 atom stereocenters. The molecule has 8 rings (SSSR count). The van der Waals surface area contributed by atoms with E-state index in [1.54, 1.807) is 4.90 Å². The molecular weight excluding hydrogens is 658 g/mol. The van der Waals surface area contributed by atoms with Crippen molar-refractivity contribution in [1.29, 1.82) is 0 Å². The fraction of sp³-hybridized carbons (Fsp3) is 0.750. The van der Waals surface area contributed by atoms with E-state index in [2.05, 4.69) is 37.3 Å². The average Bonchev–Trinajstić information content (AvgIpc) is 3.66. The van der Waals surface area contributed by atoms with Crippen LogP contribution in [0.15, 0.2) is 30.3 Å². The Labute approximate surface area is 309 Å². The van der Waals surface area contributed by atoms with Gasteiger partial charge in [-0.3, -0.25) is 29.0 Å². The van der Waals surface area contributed by atoms with Gasteiger partial charge < -0.3 is 30.1 Å². The fourth-order valence-corrected chi connectivity index (χ4v) is 10.1. The van der Waals surface area contributed by atoms with Gasteiger partial charge in [0, 0.05) is 64.2 Å². The molecule has 0 unspecified atom stereocenters. The zero-order valence-electron chi connectivity index (χ0n) is 31.3. The summed E-state index contributed by atoms with van der Waals surface area (Å²) in [5.41, 5.74) is -0.716. The lowest BCUT2D eigenvalue weighted by Crippen LogP contribution is -2.61. The number of carbonyl (C=O) groups excluding carboxylic acids is 4. The first kappa shape index (κ1) is 37.1. The molecule has 7 aliphatic rings. The Morgan fingerprint density at radius 1 is 0.827 bits per heavy atom. The second kappa shape index (κ2) is 16.8. The van der Waals surface area contributed by atoms with Crippen LogP contribution in [-0.2, 0) is 19.2 Å². The van der Waals surface area contributed by atoms with Crippen molar-refractivity contribution in [2.75, 3.05) is 79.1 Å². The summed E-state index contributed by atoms with van der Waals surface area (Å²) in [6.45, 7) is 8.12. The van der Waals surface area contributed by atoms with E-state index >= 15 is 0 Å². The molecular formula is C40H61N7O5. The maximum absolute atomic E-state index is 14.1. The molecule has 4 amide bonds. The van der Waals surface area contributed by atoms with Gasteiger partial charge in [-0.05, 0) is 121 Å². The van der Waals surface area contributed by atoms with E-state index in [9.17, 15) is 19.2 Å². The third kappa shape index (κ3) is 8.93. The summed E-state index contributed by atoms with van der Waals surface area (Å²) in [7, 11) is 2.20. The van der Waals surface area contributed by atoms with Gasteiger partial charge in [0.05, 0.1) is 11.6 Å². The Morgan fingerprint density at radius 2 is 1.56 bits per heavy atom. The zero-order chi connectivity index (χ0) is 36.1. The standard InChI is InChI=1S/C40H61N7O5/c1-43-19-11-32(12-20-43)46-21-10-30-26-37(49)44-22-13-33(14-23-44)47-18-5-8-35(47)39(51)42-40(27-36(48)41-17-9-31(30)28-46)15-24-45(25-16-40)38(50)29-52-34-6-3-2-4-7-34/h2-4,6-7,30-33,35H,5,8-29H2,1H3,(H,41,48)(H,42,51)/t30-,31-,35-/m0/s1. The largest absolute Gasteiger partial charge is 0.484 e. The Balaban J connectivity index is 1.05. The van der Waals surface area contributed by atoms with Crippen LogP contribution in [0.2, 0.25) is 0 Å². The molecule has 12 heteroatoms. The number of piperidine rings is 4. The van der Waals surface area contributed by atoms with Crippen molar-refractivity contribution in [3.05, 3.63) is 30.3 Å². The molecule has 12 nitrogen and oxygen atoms in total. The van der Waals surface area contributed by atoms with E-state index in [1.807, 2.05) is 30.3 Å². The van der Waals surface area contributed by atoms with E-state index in [4.69, 9.17) is 4.74 Å². The Morgan fingerprint density at radius 3 is 2.31 bits per heavy atom. The predicted molar refractivity (Wildman–Crippen MR) is 199 cm³/mol. The summed E-state index contributed by atoms with van der Waals surface area (Å²) in [6.07, 6.45) is 9.62. The van der Waals surface area contributed by atoms with Crippen LogP contribution < -0.4 is 15.4 Å². The van der Waals surface area contributed by atoms with Gasteiger partial charge in [0.15, 0.2) is 6.61 Å². The number of rotatable bonds is 4. The van der Waals surface area contributed by atoms with Gasteiger partial charge in [0.1, 0.15) is 5.75 Å². The van der Waals surface area contributed by atoms with Crippen molar-refractivity contribution in [2.24, 2.45) is 11.8 Å². The zero-order valence-corrected chi connectivity index (χ0v) is 31.3. The number of fused-ring (bicyclic) bond motifs is 8. The van der Waals surface area contributed by atoms with Crippen molar-refractivity contribution in [3.8, 4) is 5.75 Å². The molecule has 1 spiro atoms. The first-order valence-corrected chi connectivity index (χ1v) is 20.3. The molecule has 2 bridgehead atoms. The van der Waals surface area contributed by atoms with E-state index in [0.29, 0.717) is 62.5 Å². The molecule has 7 heterocycles. The quantitative estimate of drug-likeness (QED) is 0.488. The summed E-state index contributed by atoms with van der Waals surface area (Å²) in [6, 6.07) is 9.98. The van der Waals surface area contributed by atoms with Gasteiger partial charge >= 0.3 is 0 Å². The SMILES string of the molecule is CN1CCC(N2CC[C@H]3CC(=O)N4CCC(CC4)N4CCC[C@H]4C(=O)NC4(CCN(C(=O)COc5ccccc5)CC4)CC(=O)NCC[C@H]3C2)CC1. The van der Waals surface area contributed by atoms with Crippen LogP contribution in [0.4, 0.5) is 0 Å². The monoisotopic (exact) mass is 719 g/mol. The first-order chi connectivity index (χ1) is 25.2. The second-order valence-electron chi connectivity index (χ2n) is 16.6. The topological polar surface area (TPSA) is 118 Å². The van der Waals surface area contributed by atoms with Crippen LogP contribution in [0.3, 0.4) is 0 Å². The number of likely N-dealkylation sites (tertiary alicyclic amines) is 3. The summed E-state index contributed by atoms with van der Waals surface area (Å²) in [5.74, 6) is 1.46. The lowest BCUT2D eigenvalue weighted by molar-refractivity contribution is -0.138. The lowest BCUT2D eigenvalue weighted by atomic mass is 9.79. The number of nitrogens with zero attached hydrogens (tertiary/aromatic N) is 5. The van der Waals surface area contributed by atoms with E-state index in [-0.39, 0.29) is 48.7 Å². The highest BCUT2D eigenvalue weighted by atomic mass is 16.5. The van der Waals surface area contributed by atoms with Crippen molar-refractivity contribution in [2.45, 2.75) is 101 Å². The fourth-order valence-electron chi connectivity index (χ4n) is 10.1. The number of hydrogen-bond acceptors (Lipinski definition) is 8. The smallest absolute Gasteiger partial charge is 0.260 e. The van der Waals surface area contributed by atoms with Crippen LogP contribution in [0.25, 0.3) is 0 Å². The lowest BCUT2D eigenvalue weighted by Gasteiger charge is -2.46. The number of benzene rings is 1. The number of nitrogens with one attached hydrogen (secondary N) is 2. The van der Waals surface area contributed by atoms with Crippen LogP contribution in [0.5, 0.6) is 5.75 Å². The van der Waals surface area contributed by atoms with Gasteiger partial charge in [-0.25, -0.2) is 0 Å². The maximum atomic E-state index is 14.1. The predicted octanol–water partition coefficient (Wildman–Crippen LogP) is 2.33. The molecule has 7 fully saturated rings. The molecule has 0 radical (unpaired) electrons. The summed E-state index contributed by atoms with van der Waals surface area (Å²) >= 11 is 0. The Kier molecular flexibility index (Phi) is 12.0. The normalized spacial score (nSPS) is 29.6. The third-order valence-electron chi connectivity index (χ3n) is 13.4. The Hall–Kier alpha value is -3.22. The molecule has 7 saturated heterocycles. The third-order valence-corrected chi connectivity index (χ3v) is 13.4. The minimum absolute atomic E-state index is 0.00356. The van der Waals surface area contributed by atoms with Crippen molar-refractivity contribution in [3.63, 3.8) is 0 Å². The molecule has 0 aromatic heterocycles. The van der Waals surface area contributed by atoms with Crippen LogP contribution in [0.1, 0.15) is 77.0 Å². The number of ether oxygens (including phenoxy) is 1. The molecule has 7 aliphatic heterocycles. The van der Waals surface area contributed by atoms with Crippen molar-refractivity contribution >= 4 is 23.6 Å². The highest BCUT2D eigenvalue weighted by Gasteiger charge is 2.44. The van der Waals surface area contributed by atoms with Gasteiger partial charge in [0.25, 0.3) is 5.91 Å². The van der Waals surface area contributed by atoms with Gasteiger partial charge in [-0.1, -0.05) is 18.2 Å². The van der Waals surface area contributed by atoms with Gasteiger partial charge in [0.2, 0.25) is 17.7 Å². The Bertz CT molecular complexity index is 1390. The molecule has 0 aliphatic carbocycles. The summed E-state index contributed by atoms with van der Waals surface area (Å²) in [5, 5.41) is 6.67. The van der Waals surface area contributed by atoms with E-state index in [0.717, 1.165) is 84.3 Å². The number of amides is 4. The van der Waals surface area contributed by atoms with Crippen molar-refractivity contribution < 1.29 is 23.9 Å². The van der Waals surface area contributed by atoms with Crippen LogP contribution in [0, 0.1) is 11.8 Å². The van der Waals surface area contributed by atoms with Gasteiger partial charge in [-0.2, -0.15) is 0 Å². The molecule has 1 aromatic carbocycles. The van der Waals surface area contributed by atoms with Crippen molar-refractivity contribution in [1.82, 2.24) is 35.1 Å². The summed E-state index contributed by atoms with van der Waals surface area (Å²) < 4.78 is 5.75. The first-order valence-electron chi connectivity index (χ1n) is 20.3. The molecule has 2 N–H and O–H groups in total. The highest BCUT2D eigenvalue weighted by molar-refractivity contribution is 5.85. The maximum Gasteiger partial charge on any atom is 0.260 e. The number of hydrogen-bond donors (Lipinski definition) is 2. The van der Waals surface area contributed by atoms with Crippen LogP contribution >= 0.6 is 0 Å². The average molecular weight is 720 g/mol. The van der Waals surface area contributed by atoms with E-state index in [1.165, 1.54) is 12.8 Å². The van der Waals surface area contributed by atoms with Gasteiger partial charge in [-0.15, -0.1) is 0 Å². The van der Waals surface area contributed by atoms with Crippen LogP contribution in [-0.4, -0.2) is 151 Å². The molecule has 1 aromatic rings. The van der Waals surface area contributed by atoms with E-state index < -0.39 is 5.54 Å². The summed E-state index contributed by atoms with van der Waals surface area (Å²) in [4.78, 5) is 66.2. The second-order valence-corrected chi connectivity index (χ2v) is 16.6.